The van der Waals surface area contributed by atoms with Crippen LogP contribution in [0.4, 0.5) is 0 Å². The summed E-state index contributed by atoms with van der Waals surface area (Å²) in [4.78, 5) is 0. The number of rotatable bonds is 6. The van der Waals surface area contributed by atoms with Gasteiger partial charge in [0.2, 0.25) is 0 Å². The van der Waals surface area contributed by atoms with Crippen molar-refractivity contribution in [1.82, 2.24) is 0 Å². The molecular weight excluding hydrogens is 192 g/mol. The third-order valence-electron chi connectivity index (χ3n) is 1.79. The van der Waals surface area contributed by atoms with Crippen LogP contribution in [0.1, 0.15) is 5.56 Å². The minimum Gasteiger partial charge on any atom is -0.491 e. The number of ether oxygens (including phenoxy) is 2. The zero-order chi connectivity index (χ0) is 10.9. The van der Waals surface area contributed by atoms with E-state index in [0.717, 1.165) is 11.3 Å². The van der Waals surface area contributed by atoms with Crippen LogP contribution in [0, 0.1) is 12.3 Å². The molecule has 15 heavy (non-hydrogen) atoms. The standard InChI is InChI=1S/C12H14O3/c1-2-7-14-8-9-15-12-5-3-11(10-13)4-6-12/h1,3-6,13H,7-10H2. The van der Waals surface area contributed by atoms with Crippen molar-refractivity contribution in [1.29, 1.82) is 0 Å². The molecule has 0 fully saturated rings. The Balaban J connectivity index is 2.23. The van der Waals surface area contributed by atoms with Crippen molar-refractivity contribution < 1.29 is 14.6 Å². The molecule has 1 aromatic rings. The van der Waals surface area contributed by atoms with Gasteiger partial charge in [0.15, 0.2) is 0 Å². The SMILES string of the molecule is C#CCOCCOc1ccc(CO)cc1. The molecule has 0 spiro atoms. The summed E-state index contributed by atoms with van der Waals surface area (Å²) in [5, 5.41) is 8.82. The maximum absolute atomic E-state index is 8.82. The molecule has 0 saturated carbocycles. The third kappa shape index (κ3) is 4.50. The topological polar surface area (TPSA) is 38.7 Å². The predicted molar refractivity (Wildman–Crippen MR) is 57.5 cm³/mol. The summed E-state index contributed by atoms with van der Waals surface area (Å²) in [7, 11) is 0. The second kappa shape index (κ2) is 6.88. The van der Waals surface area contributed by atoms with E-state index in [1.807, 2.05) is 24.3 Å². The van der Waals surface area contributed by atoms with Crippen LogP contribution in [0.15, 0.2) is 24.3 Å². The van der Waals surface area contributed by atoms with Crippen LogP contribution in [0.25, 0.3) is 0 Å². The molecule has 1 rings (SSSR count). The number of hydrogen-bond donors (Lipinski definition) is 1. The van der Waals surface area contributed by atoms with E-state index in [1.165, 1.54) is 0 Å². The highest BCUT2D eigenvalue weighted by atomic mass is 16.5. The molecule has 0 saturated heterocycles. The molecule has 0 amide bonds. The van der Waals surface area contributed by atoms with E-state index in [9.17, 15) is 0 Å². The van der Waals surface area contributed by atoms with E-state index in [1.54, 1.807) is 0 Å². The van der Waals surface area contributed by atoms with Crippen LogP contribution in [0.5, 0.6) is 5.75 Å². The predicted octanol–water partition coefficient (Wildman–Crippen LogP) is 1.21. The molecule has 1 aromatic carbocycles. The van der Waals surface area contributed by atoms with Crippen LogP contribution in [0.3, 0.4) is 0 Å². The maximum Gasteiger partial charge on any atom is 0.119 e. The van der Waals surface area contributed by atoms with Gasteiger partial charge in [0.1, 0.15) is 19.0 Å². The lowest BCUT2D eigenvalue weighted by molar-refractivity contribution is 0.124. The first kappa shape index (κ1) is 11.6. The van der Waals surface area contributed by atoms with Gasteiger partial charge in [-0.1, -0.05) is 18.1 Å². The van der Waals surface area contributed by atoms with Crippen LogP contribution < -0.4 is 4.74 Å². The fourth-order valence-corrected chi connectivity index (χ4v) is 1.04. The van der Waals surface area contributed by atoms with Crippen LogP contribution in [-0.4, -0.2) is 24.9 Å². The molecule has 0 aromatic heterocycles. The van der Waals surface area contributed by atoms with Gasteiger partial charge in [0.25, 0.3) is 0 Å². The van der Waals surface area contributed by atoms with Crippen molar-refractivity contribution in [3.63, 3.8) is 0 Å². The number of benzene rings is 1. The van der Waals surface area contributed by atoms with Crippen molar-refractivity contribution >= 4 is 0 Å². The van der Waals surface area contributed by atoms with Crippen molar-refractivity contribution in [3.05, 3.63) is 29.8 Å². The average molecular weight is 206 g/mol. The van der Waals surface area contributed by atoms with E-state index in [4.69, 9.17) is 21.0 Å². The molecule has 0 aliphatic rings. The summed E-state index contributed by atoms with van der Waals surface area (Å²) in [5.41, 5.74) is 0.867. The Morgan fingerprint density at radius 3 is 2.53 bits per heavy atom. The number of aliphatic hydroxyl groups excluding tert-OH is 1. The second-order valence-electron chi connectivity index (χ2n) is 2.91. The lowest BCUT2D eigenvalue weighted by atomic mass is 10.2. The van der Waals surface area contributed by atoms with Crippen LogP contribution in [0.2, 0.25) is 0 Å². The van der Waals surface area contributed by atoms with E-state index in [2.05, 4.69) is 5.92 Å². The van der Waals surface area contributed by atoms with Gasteiger partial charge >= 0.3 is 0 Å². The van der Waals surface area contributed by atoms with Crippen LogP contribution in [-0.2, 0) is 11.3 Å². The molecule has 0 bridgehead atoms. The van der Waals surface area contributed by atoms with Crippen molar-refractivity contribution in [2.75, 3.05) is 19.8 Å². The summed E-state index contributed by atoms with van der Waals surface area (Å²) in [6, 6.07) is 7.26. The molecule has 0 aliphatic heterocycles. The van der Waals surface area contributed by atoms with Gasteiger partial charge < -0.3 is 14.6 Å². The van der Waals surface area contributed by atoms with Gasteiger partial charge in [-0.3, -0.25) is 0 Å². The quantitative estimate of drug-likeness (QED) is 0.561. The zero-order valence-electron chi connectivity index (χ0n) is 8.48. The highest BCUT2D eigenvalue weighted by molar-refractivity contribution is 5.26. The molecule has 0 unspecified atom stereocenters. The Morgan fingerprint density at radius 2 is 1.93 bits per heavy atom. The fraction of sp³-hybridized carbons (Fsp3) is 0.333. The Kier molecular flexibility index (Phi) is 5.31. The van der Waals surface area contributed by atoms with Crippen molar-refractivity contribution in [2.45, 2.75) is 6.61 Å². The van der Waals surface area contributed by atoms with Gasteiger partial charge in [0.05, 0.1) is 13.2 Å². The van der Waals surface area contributed by atoms with E-state index < -0.39 is 0 Å². The normalized spacial score (nSPS) is 9.60. The Hall–Kier alpha value is -1.50. The largest absolute Gasteiger partial charge is 0.491 e. The lowest BCUT2D eigenvalue weighted by Crippen LogP contribution is -2.06. The van der Waals surface area contributed by atoms with Gasteiger partial charge in [0, 0.05) is 0 Å². The summed E-state index contributed by atoms with van der Waals surface area (Å²) in [5.74, 6) is 3.14. The smallest absolute Gasteiger partial charge is 0.119 e. The summed E-state index contributed by atoms with van der Waals surface area (Å²) < 4.78 is 10.4. The Bertz CT molecular complexity index is 311. The van der Waals surface area contributed by atoms with Crippen molar-refractivity contribution in [2.24, 2.45) is 0 Å². The molecular formula is C12H14O3. The molecule has 1 N–H and O–H groups in total. The molecule has 0 atom stereocenters. The second-order valence-corrected chi connectivity index (χ2v) is 2.91. The number of aliphatic hydroxyl groups is 1. The van der Waals surface area contributed by atoms with Crippen LogP contribution >= 0.6 is 0 Å². The minimum absolute atomic E-state index is 0.0472. The van der Waals surface area contributed by atoms with Gasteiger partial charge in [-0.05, 0) is 17.7 Å². The first-order valence-corrected chi connectivity index (χ1v) is 4.70. The van der Waals surface area contributed by atoms with E-state index in [-0.39, 0.29) is 6.61 Å². The fourth-order valence-electron chi connectivity index (χ4n) is 1.04. The first-order valence-electron chi connectivity index (χ1n) is 4.70. The zero-order valence-corrected chi connectivity index (χ0v) is 8.48. The van der Waals surface area contributed by atoms with E-state index >= 15 is 0 Å². The highest BCUT2D eigenvalue weighted by Gasteiger charge is 1.94. The van der Waals surface area contributed by atoms with Gasteiger partial charge in [-0.25, -0.2) is 0 Å². The molecule has 3 nitrogen and oxygen atoms in total. The van der Waals surface area contributed by atoms with Gasteiger partial charge in [-0.2, -0.15) is 0 Å². The Morgan fingerprint density at radius 1 is 1.20 bits per heavy atom. The summed E-state index contributed by atoms with van der Waals surface area (Å²) in [6.45, 7) is 1.31. The van der Waals surface area contributed by atoms with E-state index in [0.29, 0.717) is 19.8 Å². The lowest BCUT2D eigenvalue weighted by Gasteiger charge is -2.06. The third-order valence-corrected chi connectivity index (χ3v) is 1.79. The monoisotopic (exact) mass is 206 g/mol. The molecule has 3 heteroatoms. The molecule has 0 aliphatic carbocycles. The molecule has 0 radical (unpaired) electrons. The number of terminal acetylenes is 1. The molecule has 0 heterocycles. The van der Waals surface area contributed by atoms with Gasteiger partial charge in [-0.15, -0.1) is 6.42 Å². The summed E-state index contributed by atoms with van der Waals surface area (Å²) in [6.07, 6.45) is 5.01. The highest BCUT2D eigenvalue weighted by Crippen LogP contribution is 2.11. The number of hydrogen-bond acceptors (Lipinski definition) is 3. The van der Waals surface area contributed by atoms with Crippen molar-refractivity contribution in [3.8, 4) is 18.1 Å². The Labute approximate surface area is 89.6 Å². The molecule has 80 valence electrons. The first-order chi connectivity index (χ1) is 7.36. The maximum atomic E-state index is 8.82. The average Bonchev–Trinajstić information content (AvgIpc) is 2.30. The minimum atomic E-state index is 0.0472. The summed E-state index contributed by atoms with van der Waals surface area (Å²) >= 11 is 0.